The molecule has 0 aliphatic heterocycles. The highest BCUT2D eigenvalue weighted by Crippen LogP contribution is 2.21. The van der Waals surface area contributed by atoms with Gasteiger partial charge < -0.3 is 14.5 Å². The maximum Gasteiger partial charge on any atom is 0.0951 e. The first-order valence-electron chi connectivity index (χ1n) is 5.40. The van der Waals surface area contributed by atoms with Crippen LogP contribution in [0.2, 0.25) is 0 Å². The zero-order valence-corrected chi connectivity index (χ0v) is 9.54. The maximum absolute atomic E-state index is 10.8. The second kappa shape index (κ2) is 4.82. The zero-order valence-electron chi connectivity index (χ0n) is 9.54. The van der Waals surface area contributed by atoms with Crippen LogP contribution in [-0.4, -0.2) is 15.5 Å². The lowest BCUT2D eigenvalue weighted by atomic mass is 10.0. The molecule has 0 saturated carbocycles. The van der Waals surface area contributed by atoms with Gasteiger partial charge >= 0.3 is 0 Å². The first-order valence-corrected chi connectivity index (χ1v) is 5.40. The van der Waals surface area contributed by atoms with Gasteiger partial charge in [0.1, 0.15) is 0 Å². The third-order valence-electron chi connectivity index (χ3n) is 2.71. The Bertz CT molecular complexity index is 489. The highest BCUT2D eigenvalue weighted by atomic mass is 16.4. The highest BCUT2D eigenvalue weighted by molar-refractivity contribution is 5.65. The third kappa shape index (κ3) is 2.72. The van der Waals surface area contributed by atoms with E-state index in [1.54, 1.807) is 23.3 Å². The number of carbonyl (C=O) groups excluding carboxylic acids is 1. The van der Waals surface area contributed by atoms with E-state index in [4.69, 9.17) is 0 Å². The number of aromatic nitrogens is 2. The molecule has 0 radical (unpaired) electrons. The molecule has 2 rings (SSSR count). The molecule has 0 bridgehead atoms. The van der Waals surface area contributed by atoms with Crippen LogP contribution in [0.25, 0.3) is 0 Å². The quantitative estimate of drug-likeness (QED) is 0.783. The average molecular weight is 229 g/mol. The standard InChI is InChI=1S/C13H14N2O2/c1-10-2-4-11(5-3-10)12(8-13(16)17)15-7-6-14-9-15/h2-7,9,12H,8H2,1H3,(H,16,17)/p-1. The van der Waals surface area contributed by atoms with Gasteiger partial charge in [0, 0.05) is 24.8 Å². The maximum atomic E-state index is 10.8. The molecule has 1 heterocycles. The molecular weight excluding hydrogens is 216 g/mol. The lowest BCUT2D eigenvalue weighted by Crippen LogP contribution is -2.26. The lowest BCUT2D eigenvalue weighted by molar-refractivity contribution is -0.306. The molecule has 1 aromatic carbocycles. The van der Waals surface area contributed by atoms with E-state index in [9.17, 15) is 9.90 Å². The molecule has 0 amide bonds. The number of imidazole rings is 1. The molecule has 0 aliphatic rings. The fourth-order valence-electron chi connectivity index (χ4n) is 1.80. The van der Waals surface area contributed by atoms with Crippen LogP contribution in [0.15, 0.2) is 43.0 Å². The fraction of sp³-hybridized carbons (Fsp3) is 0.231. The minimum atomic E-state index is -1.07. The summed E-state index contributed by atoms with van der Waals surface area (Å²) in [7, 11) is 0. The van der Waals surface area contributed by atoms with Crippen LogP contribution >= 0.6 is 0 Å². The number of benzene rings is 1. The average Bonchev–Trinajstić information content (AvgIpc) is 2.80. The molecule has 0 fully saturated rings. The second-order valence-corrected chi connectivity index (χ2v) is 4.01. The number of aryl methyl sites for hydroxylation is 1. The van der Waals surface area contributed by atoms with Gasteiger partial charge in [0.25, 0.3) is 0 Å². The van der Waals surface area contributed by atoms with E-state index in [0.29, 0.717) is 0 Å². The third-order valence-corrected chi connectivity index (χ3v) is 2.71. The lowest BCUT2D eigenvalue weighted by Gasteiger charge is -2.19. The molecule has 17 heavy (non-hydrogen) atoms. The van der Waals surface area contributed by atoms with Crippen molar-refractivity contribution in [1.82, 2.24) is 9.55 Å². The normalized spacial score (nSPS) is 12.3. The minimum absolute atomic E-state index is 0.0561. The van der Waals surface area contributed by atoms with Gasteiger partial charge in [0.05, 0.1) is 12.4 Å². The van der Waals surface area contributed by atoms with Gasteiger partial charge in [-0.25, -0.2) is 4.98 Å². The van der Waals surface area contributed by atoms with Gasteiger partial charge in [-0.2, -0.15) is 0 Å². The predicted octanol–water partition coefficient (Wildman–Crippen LogP) is 0.921. The van der Waals surface area contributed by atoms with Crippen molar-refractivity contribution in [3.05, 3.63) is 54.1 Å². The van der Waals surface area contributed by atoms with Gasteiger partial charge in [-0.05, 0) is 12.5 Å². The number of carbonyl (C=O) groups is 1. The predicted molar refractivity (Wildman–Crippen MR) is 61.2 cm³/mol. The summed E-state index contributed by atoms with van der Waals surface area (Å²) in [5, 5.41) is 10.8. The highest BCUT2D eigenvalue weighted by Gasteiger charge is 2.13. The van der Waals surface area contributed by atoms with E-state index >= 15 is 0 Å². The fourth-order valence-corrected chi connectivity index (χ4v) is 1.80. The van der Waals surface area contributed by atoms with Crippen molar-refractivity contribution in [1.29, 1.82) is 0 Å². The molecular formula is C13H13N2O2-. The molecule has 4 heteroatoms. The van der Waals surface area contributed by atoms with Crippen molar-refractivity contribution < 1.29 is 9.90 Å². The first-order chi connectivity index (χ1) is 8.16. The second-order valence-electron chi connectivity index (χ2n) is 4.01. The number of nitrogens with zero attached hydrogens (tertiary/aromatic N) is 2. The summed E-state index contributed by atoms with van der Waals surface area (Å²) in [6, 6.07) is 7.54. The van der Waals surface area contributed by atoms with Crippen molar-refractivity contribution in [3.8, 4) is 0 Å². The Balaban J connectivity index is 2.33. The van der Waals surface area contributed by atoms with Crippen molar-refractivity contribution >= 4 is 5.97 Å². The molecule has 1 atom stereocenters. The molecule has 0 spiro atoms. The zero-order chi connectivity index (χ0) is 12.3. The number of hydrogen-bond donors (Lipinski definition) is 0. The van der Waals surface area contributed by atoms with Crippen molar-refractivity contribution in [2.24, 2.45) is 0 Å². The Morgan fingerprint density at radius 2 is 2.12 bits per heavy atom. The molecule has 1 unspecified atom stereocenters. The molecule has 88 valence electrons. The molecule has 2 aromatic rings. The van der Waals surface area contributed by atoms with Crippen LogP contribution in [0.3, 0.4) is 0 Å². The van der Waals surface area contributed by atoms with Crippen molar-refractivity contribution in [2.45, 2.75) is 19.4 Å². The number of carboxylic acid groups (broad SMARTS) is 1. The van der Waals surface area contributed by atoms with E-state index in [1.807, 2.05) is 31.2 Å². The van der Waals surface area contributed by atoms with Crippen LogP contribution in [-0.2, 0) is 4.79 Å². The van der Waals surface area contributed by atoms with E-state index in [-0.39, 0.29) is 12.5 Å². The number of carboxylic acids is 1. The topological polar surface area (TPSA) is 57.9 Å². The van der Waals surface area contributed by atoms with Crippen LogP contribution in [0, 0.1) is 6.92 Å². The number of aliphatic carboxylic acids is 1. The van der Waals surface area contributed by atoms with Gasteiger partial charge in [-0.3, -0.25) is 0 Å². The monoisotopic (exact) mass is 229 g/mol. The summed E-state index contributed by atoms with van der Waals surface area (Å²) in [5.74, 6) is -1.07. The largest absolute Gasteiger partial charge is 0.550 e. The smallest absolute Gasteiger partial charge is 0.0951 e. The number of hydrogen-bond acceptors (Lipinski definition) is 3. The van der Waals surface area contributed by atoms with E-state index in [0.717, 1.165) is 11.1 Å². The summed E-state index contributed by atoms with van der Waals surface area (Å²) in [5.41, 5.74) is 2.09. The Hall–Kier alpha value is -2.10. The van der Waals surface area contributed by atoms with Crippen LogP contribution in [0.4, 0.5) is 0 Å². The Labute approximate surface area is 99.5 Å². The molecule has 0 N–H and O–H groups in total. The van der Waals surface area contributed by atoms with Gasteiger partial charge in [0.2, 0.25) is 0 Å². The van der Waals surface area contributed by atoms with Crippen molar-refractivity contribution in [2.75, 3.05) is 0 Å². The van der Waals surface area contributed by atoms with E-state index in [2.05, 4.69) is 4.98 Å². The van der Waals surface area contributed by atoms with Crippen LogP contribution in [0.1, 0.15) is 23.6 Å². The van der Waals surface area contributed by atoms with Gasteiger partial charge in [-0.15, -0.1) is 0 Å². The molecule has 4 nitrogen and oxygen atoms in total. The summed E-state index contributed by atoms with van der Waals surface area (Å²) < 4.78 is 1.78. The van der Waals surface area contributed by atoms with Crippen molar-refractivity contribution in [3.63, 3.8) is 0 Å². The summed E-state index contributed by atoms with van der Waals surface area (Å²) >= 11 is 0. The molecule has 1 aromatic heterocycles. The van der Waals surface area contributed by atoms with E-state index in [1.165, 1.54) is 0 Å². The van der Waals surface area contributed by atoms with Gasteiger partial charge in [-0.1, -0.05) is 29.8 Å². The Morgan fingerprint density at radius 1 is 1.41 bits per heavy atom. The Morgan fingerprint density at radius 3 is 2.65 bits per heavy atom. The van der Waals surface area contributed by atoms with Crippen LogP contribution < -0.4 is 5.11 Å². The Kier molecular flexibility index (Phi) is 3.23. The van der Waals surface area contributed by atoms with E-state index < -0.39 is 5.97 Å². The SMILES string of the molecule is Cc1ccc(C(CC(=O)[O-])n2ccnc2)cc1. The molecule has 0 aliphatic carbocycles. The summed E-state index contributed by atoms with van der Waals surface area (Å²) in [6.45, 7) is 1.99. The first kappa shape index (κ1) is 11.4. The molecule has 0 saturated heterocycles. The van der Waals surface area contributed by atoms with Crippen LogP contribution in [0.5, 0.6) is 0 Å². The number of rotatable bonds is 4. The summed E-state index contributed by atoms with van der Waals surface area (Å²) in [4.78, 5) is 14.7. The summed E-state index contributed by atoms with van der Waals surface area (Å²) in [6.07, 6.45) is 4.96. The minimum Gasteiger partial charge on any atom is -0.550 e. The van der Waals surface area contributed by atoms with Gasteiger partial charge in [0.15, 0.2) is 0 Å².